The summed E-state index contributed by atoms with van der Waals surface area (Å²) in [6.45, 7) is 9.51. The normalized spacial score (nSPS) is 18.9. The molecule has 0 aliphatic carbocycles. The van der Waals surface area contributed by atoms with Crippen molar-refractivity contribution in [3.05, 3.63) is 0 Å². The van der Waals surface area contributed by atoms with Crippen LogP contribution in [0, 0.1) is 5.41 Å². The zero-order valence-corrected chi connectivity index (χ0v) is 12.3. The topological polar surface area (TPSA) is 41.6 Å². The molecular formula is C14H28N2O2. The number of carbonyl (C=O) groups is 1. The van der Waals surface area contributed by atoms with Crippen molar-refractivity contribution < 1.29 is 9.53 Å². The van der Waals surface area contributed by atoms with E-state index >= 15 is 0 Å². The Morgan fingerprint density at radius 3 is 2.44 bits per heavy atom. The molecule has 4 heteroatoms. The van der Waals surface area contributed by atoms with Crippen LogP contribution in [0.1, 0.15) is 40.0 Å². The van der Waals surface area contributed by atoms with Crippen LogP contribution in [0.25, 0.3) is 0 Å². The molecule has 0 spiro atoms. The van der Waals surface area contributed by atoms with Crippen LogP contribution in [0.3, 0.4) is 0 Å². The number of hydrogen-bond donors (Lipinski definition) is 1. The van der Waals surface area contributed by atoms with E-state index in [0.29, 0.717) is 6.61 Å². The monoisotopic (exact) mass is 256 g/mol. The Bertz CT molecular complexity index is 255. The van der Waals surface area contributed by atoms with E-state index in [0.717, 1.165) is 38.9 Å². The molecule has 4 nitrogen and oxygen atoms in total. The summed E-state index contributed by atoms with van der Waals surface area (Å²) in [6.07, 6.45) is 2.77. The highest BCUT2D eigenvalue weighted by Crippen LogP contribution is 2.32. The van der Waals surface area contributed by atoms with Gasteiger partial charge in [0.25, 0.3) is 0 Å². The number of nitrogens with zero attached hydrogens (tertiary/aromatic N) is 1. The van der Waals surface area contributed by atoms with Crippen LogP contribution in [0.4, 0.5) is 0 Å². The van der Waals surface area contributed by atoms with Gasteiger partial charge in [0.15, 0.2) is 0 Å². The van der Waals surface area contributed by atoms with Gasteiger partial charge in [-0.3, -0.25) is 4.79 Å². The molecule has 106 valence electrons. The fraction of sp³-hybridized carbons (Fsp3) is 0.929. The first-order valence-electron chi connectivity index (χ1n) is 7.08. The number of amides is 1. The van der Waals surface area contributed by atoms with Gasteiger partial charge in [-0.2, -0.15) is 0 Å². The summed E-state index contributed by atoms with van der Waals surface area (Å²) < 4.78 is 5.34. The zero-order valence-electron chi connectivity index (χ0n) is 12.3. The molecule has 0 aromatic rings. The van der Waals surface area contributed by atoms with E-state index in [9.17, 15) is 4.79 Å². The van der Waals surface area contributed by atoms with Gasteiger partial charge in [-0.1, -0.05) is 6.92 Å². The van der Waals surface area contributed by atoms with Crippen molar-refractivity contribution in [2.75, 3.05) is 33.4 Å². The third-order valence-electron chi connectivity index (χ3n) is 3.78. The van der Waals surface area contributed by atoms with Gasteiger partial charge in [-0.25, -0.2) is 0 Å². The van der Waals surface area contributed by atoms with Gasteiger partial charge in [0.1, 0.15) is 0 Å². The first-order chi connectivity index (χ1) is 8.57. The van der Waals surface area contributed by atoms with E-state index in [1.807, 2.05) is 4.90 Å². The molecular weight excluding hydrogens is 228 g/mol. The van der Waals surface area contributed by atoms with Gasteiger partial charge in [0.2, 0.25) is 5.91 Å². The molecule has 18 heavy (non-hydrogen) atoms. The van der Waals surface area contributed by atoms with Crippen molar-refractivity contribution in [3.8, 4) is 0 Å². The van der Waals surface area contributed by atoms with Gasteiger partial charge in [0, 0.05) is 19.7 Å². The molecule has 1 aliphatic rings. The van der Waals surface area contributed by atoms with Crippen LogP contribution in [0.15, 0.2) is 0 Å². The maximum absolute atomic E-state index is 12.9. The molecule has 0 aromatic heterocycles. The quantitative estimate of drug-likeness (QED) is 0.785. The molecule has 1 aliphatic heterocycles. The van der Waals surface area contributed by atoms with Gasteiger partial charge < -0.3 is 15.0 Å². The van der Waals surface area contributed by atoms with Gasteiger partial charge in [0.05, 0.1) is 12.0 Å². The van der Waals surface area contributed by atoms with Crippen molar-refractivity contribution in [2.24, 2.45) is 5.41 Å². The number of rotatable bonds is 6. The van der Waals surface area contributed by atoms with E-state index in [1.165, 1.54) is 0 Å². The molecule has 1 fully saturated rings. The lowest BCUT2D eigenvalue weighted by Gasteiger charge is -2.41. The first-order valence-corrected chi connectivity index (χ1v) is 7.08. The molecule has 0 radical (unpaired) electrons. The number of ether oxygens (including phenoxy) is 1. The van der Waals surface area contributed by atoms with Crippen molar-refractivity contribution in [1.82, 2.24) is 10.2 Å². The Morgan fingerprint density at radius 1 is 1.39 bits per heavy atom. The van der Waals surface area contributed by atoms with Crippen molar-refractivity contribution >= 4 is 5.91 Å². The minimum atomic E-state index is -0.306. The SMILES string of the molecule is CCCN(C(=O)C1(COC)CCNCC1)C(C)C. The van der Waals surface area contributed by atoms with Crippen LogP contribution in [0.5, 0.6) is 0 Å². The summed E-state index contributed by atoms with van der Waals surface area (Å²) in [7, 11) is 1.69. The van der Waals surface area contributed by atoms with Crippen molar-refractivity contribution in [3.63, 3.8) is 0 Å². The van der Waals surface area contributed by atoms with Crippen LogP contribution in [-0.4, -0.2) is 50.2 Å². The summed E-state index contributed by atoms with van der Waals surface area (Å²) in [5.41, 5.74) is -0.306. The maximum atomic E-state index is 12.9. The van der Waals surface area contributed by atoms with Crippen LogP contribution >= 0.6 is 0 Å². The van der Waals surface area contributed by atoms with E-state index in [4.69, 9.17) is 4.74 Å². The van der Waals surface area contributed by atoms with Crippen LogP contribution < -0.4 is 5.32 Å². The highest BCUT2D eigenvalue weighted by Gasteiger charge is 2.42. The molecule has 1 N–H and O–H groups in total. The highest BCUT2D eigenvalue weighted by atomic mass is 16.5. The molecule has 0 saturated carbocycles. The van der Waals surface area contributed by atoms with E-state index in [-0.39, 0.29) is 17.4 Å². The number of hydrogen-bond acceptors (Lipinski definition) is 3. The van der Waals surface area contributed by atoms with E-state index in [1.54, 1.807) is 7.11 Å². The molecule has 1 amide bonds. The Morgan fingerprint density at radius 2 is 2.00 bits per heavy atom. The van der Waals surface area contributed by atoms with Gasteiger partial charge >= 0.3 is 0 Å². The molecule has 1 rings (SSSR count). The maximum Gasteiger partial charge on any atom is 0.231 e. The van der Waals surface area contributed by atoms with Crippen LogP contribution in [-0.2, 0) is 9.53 Å². The minimum absolute atomic E-state index is 0.265. The Hall–Kier alpha value is -0.610. The molecule has 0 aromatic carbocycles. The molecule has 0 bridgehead atoms. The average Bonchev–Trinajstić information content (AvgIpc) is 2.36. The minimum Gasteiger partial charge on any atom is -0.384 e. The second kappa shape index (κ2) is 7.10. The molecule has 1 saturated heterocycles. The smallest absolute Gasteiger partial charge is 0.231 e. The second-order valence-corrected chi connectivity index (χ2v) is 5.56. The largest absolute Gasteiger partial charge is 0.384 e. The molecule has 1 heterocycles. The van der Waals surface area contributed by atoms with Crippen LogP contribution in [0.2, 0.25) is 0 Å². The number of methoxy groups -OCH3 is 1. The van der Waals surface area contributed by atoms with E-state index in [2.05, 4.69) is 26.1 Å². The van der Waals surface area contributed by atoms with Crippen molar-refractivity contribution in [2.45, 2.75) is 46.1 Å². The Balaban J connectivity index is 2.85. The van der Waals surface area contributed by atoms with E-state index < -0.39 is 0 Å². The Kier molecular flexibility index (Phi) is 6.09. The van der Waals surface area contributed by atoms with Gasteiger partial charge in [-0.15, -0.1) is 0 Å². The number of carbonyl (C=O) groups excluding carboxylic acids is 1. The number of nitrogens with one attached hydrogen (secondary N) is 1. The summed E-state index contributed by atoms with van der Waals surface area (Å²) in [5, 5.41) is 3.33. The third kappa shape index (κ3) is 3.45. The fourth-order valence-corrected chi connectivity index (χ4v) is 2.74. The van der Waals surface area contributed by atoms with Crippen molar-refractivity contribution in [1.29, 1.82) is 0 Å². The molecule has 0 unspecified atom stereocenters. The average molecular weight is 256 g/mol. The first kappa shape index (κ1) is 15.4. The predicted octanol–water partition coefficient (Wildman–Crippen LogP) is 1.65. The lowest BCUT2D eigenvalue weighted by molar-refractivity contribution is -0.149. The summed E-state index contributed by atoms with van der Waals surface area (Å²) in [6, 6.07) is 0.265. The fourth-order valence-electron chi connectivity index (χ4n) is 2.74. The predicted molar refractivity (Wildman–Crippen MR) is 73.6 cm³/mol. The lowest BCUT2D eigenvalue weighted by Crippen LogP contribution is -2.53. The zero-order chi connectivity index (χ0) is 13.6. The summed E-state index contributed by atoms with van der Waals surface area (Å²) in [4.78, 5) is 14.9. The highest BCUT2D eigenvalue weighted by molar-refractivity contribution is 5.83. The lowest BCUT2D eigenvalue weighted by atomic mass is 9.78. The second-order valence-electron chi connectivity index (χ2n) is 5.56. The third-order valence-corrected chi connectivity index (χ3v) is 3.78. The summed E-state index contributed by atoms with van der Waals surface area (Å²) in [5.74, 6) is 0.280. The number of piperidine rings is 1. The van der Waals surface area contributed by atoms with Gasteiger partial charge in [-0.05, 0) is 46.2 Å². The molecule has 0 atom stereocenters. The Labute approximate surface area is 111 Å². The standard InChI is InChI=1S/C14H28N2O2/c1-5-10-16(12(2)3)13(17)14(11-18-4)6-8-15-9-7-14/h12,15H,5-11H2,1-4H3. The summed E-state index contributed by atoms with van der Waals surface area (Å²) >= 11 is 0.